The number of hydrogen-bond donors (Lipinski definition) is 0. The summed E-state index contributed by atoms with van der Waals surface area (Å²) < 4.78 is 4.59. The lowest BCUT2D eigenvalue weighted by atomic mass is 9.96. The van der Waals surface area contributed by atoms with Gasteiger partial charge >= 0.3 is 0 Å². The van der Waals surface area contributed by atoms with Crippen LogP contribution in [0.2, 0.25) is 0 Å². The highest BCUT2D eigenvalue weighted by Crippen LogP contribution is 2.37. The van der Waals surface area contributed by atoms with Gasteiger partial charge in [-0.05, 0) is 94.7 Å². The van der Waals surface area contributed by atoms with E-state index in [0.29, 0.717) is 0 Å². The lowest BCUT2D eigenvalue weighted by Gasteiger charge is -2.13. The number of rotatable bonds is 6. The van der Waals surface area contributed by atoms with E-state index in [9.17, 15) is 0 Å². The van der Waals surface area contributed by atoms with E-state index < -0.39 is 0 Å². The molecule has 0 amide bonds. The Balaban J connectivity index is 0.985. The number of fused-ring (bicyclic) bond motifs is 7. The molecular weight excluding hydrogens is 731 g/mol. The van der Waals surface area contributed by atoms with Gasteiger partial charge in [0.25, 0.3) is 0 Å². The van der Waals surface area contributed by atoms with Crippen molar-refractivity contribution in [2.45, 2.75) is 0 Å². The number of pyridine rings is 3. The quantitative estimate of drug-likeness (QED) is 0.169. The molecule has 0 aliphatic heterocycles. The van der Waals surface area contributed by atoms with E-state index in [1.807, 2.05) is 18.2 Å². The predicted octanol–water partition coefficient (Wildman–Crippen LogP) is 13.9. The van der Waals surface area contributed by atoms with Gasteiger partial charge in [0.05, 0.1) is 50.5 Å². The first-order valence-electron chi connectivity index (χ1n) is 20.3. The molecule has 5 heterocycles. The van der Waals surface area contributed by atoms with Crippen molar-refractivity contribution in [3.63, 3.8) is 0 Å². The molecule has 0 bridgehead atoms. The Morgan fingerprint density at radius 2 is 0.733 bits per heavy atom. The van der Waals surface area contributed by atoms with Crippen LogP contribution >= 0.6 is 0 Å². The predicted molar refractivity (Wildman–Crippen MR) is 248 cm³/mol. The van der Waals surface area contributed by atoms with E-state index in [1.165, 1.54) is 43.4 Å². The largest absolute Gasteiger partial charge is 0.309 e. The van der Waals surface area contributed by atoms with Gasteiger partial charge in [-0.1, -0.05) is 140 Å². The van der Waals surface area contributed by atoms with Crippen LogP contribution in [0.1, 0.15) is 0 Å². The van der Waals surface area contributed by atoms with Crippen LogP contribution in [-0.4, -0.2) is 24.1 Å². The van der Waals surface area contributed by atoms with Crippen molar-refractivity contribution in [2.24, 2.45) is 0 Å². The number of hydrogen-bond acceptors (Lipinski definition) is 3. The van der Waals surface area contributed by atoms with Crippen LogP contribution in [0, 0.1) is 0 Å². The molecule has 0 aliphatic carbocycles. The minimum atomic E-state index is 0.779. The number of para-hydroxylation sites is 4. The zero-order valence-corrected chi connectivity index (χ0v) is 32.4. The van der Waals surface area contributed by atoms with E-state index in [-0.39, 0.29) is 0 Å². The molecule has 280 valence electrons. The van der Waals surface area contributed by atoms with Gasteiger partial charge in [-0.15, -0.1) is 0 Å². The van der Waals surface area contributed by atoms with Crippen LogP contribution in [0.4, 0.5) is 0 Å². The molecule has 0 aliphatic rings. The SMILES string of the molecule is c1cc(-c2cc(-c3cccc4ccccc34)cc(-c3ccc(-n4c5ccccc5c5ccccc54)cc3)n2)nc(-c2cccc(-n3c4ccccc4c4ccccc43)n2)c1. The first-order valence-corrected chi connectivity index (χ1v) is 20.3. The van der Waals surface area contributed by atoms with Crippen LogP contribution in [-0.2, 0) is 0 Å². The van der Waals surface area contributed by atoms with E-state index >= 15 is 0 Å². The topological polar surface area (TPSA) is 48.5 Å². The molecule has 12 aromatic rings. The zero-order valence-electron chi connectivity index (χ0n) is 32.4. The standard InChI is InChI=1S/C55H35N5/c1-2-16-40-36(14-1)15-11-21-41(40)38-34-49(37-30-32-39(33-31-37)59-51-25-7-3-17-42(51)43-18-4-8-26-52(43)59)57-50(35-38)48-23-12-22-46(56-48)47-24-13-29-55(58-47)60-53-27-9-5-19-44(53)45-20-6-10-28-54(45)60/h1-35H. The van der Waals surface area contributed by atoms with E-state index in [0.717, 1.165) is 67.7 Å². The fourth-order valence-corrected chi connectivity index (χ4v) is 9.00. The van der Waals surface area contributed by atoms with Crippen LogP contribution in [0.15, 0.2) is 212 Å². The maximum atomic E-state index is 5.34. The molecule has 12 rings (SSSR count). The molecule has 0 spiro atoms. The van der Waals surface area contributed by atoms with Gasteiger partial charge in [0.1, 0.15) is 5.82 Å². The Morgan fingerprint density at radius 3 is 1.37 bits per heavy atom. The van der Waals surface area contributed by atoms with E-state index in [4.69, 9.17) is 15.0 Å². The minimum Gasteiger partial charge on any atom is -0.309 e. The second-order valence-electron chi connectivity index (χ2n) is 15.2. The number of benzene rings is 7. The van der Waals surface area contributed by atoms with Gasteiger partial charge in [-0.25, -0.2) is 15.0 Å². The smallest absolute Gasteiger partial charge is 0.138 e. The van der Waals surface area contributed by atoms with Gasteiger partial charge in [0.15, 0.2) is 0 Å². The van der Waals surface area contributed by atoms with Crippen molar-refractivity contribution >= 4 is 54.4 Å². The molecule has 60 heavy (non-hydrogen) atoms. The highest BCUT2D eigenvalue weighted by atomic mass is 15.1. The van der Waals surface area contributed by atoms with Crippen LogP contribution < -0.4 is 0 Å². The fourth-order valence-electron chi connectivity index (χ4n) is 9.00. The number of aromatic nitrogens is 5. The second-order valence-corrected chi connectivity index (χ2v) is 15.2. The zero-order chi connectivity index (χ0) is 39.6. The van der Waals surface area contributed by atoms with Gasteiger partial charge in [0.2, 0.25) is 0 Å². The third-order valence-electron chi connectivity index (χ3n) is 11.7. The van der Waals surface area contributed by atoms with Gasteiger partial charge in [0, 0.05) is 32.8 Å². The maximum Gasteiger partial charge on any atom is 0.138 e. The van der Waals surface area contributed by atoms with Crippen molar-refractivity contribution in [1.82, 2.24) is 24.1 Å². The van der Waals surface area contributed by atoms with Gasteiger partial charge < -0.3 is 4.57 Å². The molecule has 5 heteroatoms. The average Bonchev–Trinajstić information content (AvgIpc) is 3.84. The molecule has 0 radical (unpaired) electrons. The van der Waals surface area contributed by atoms with Crippen molar-refractivity contribution in [1.29, 1.82) is 0 Å². The molecule has 0 fully saturated rings. The summed E-state index contributed by atoms with van der Waals surface area (Å²) >= 11 is 0. The van der Waals surface area contributed by atoms with E-state index in [2.05, 4.69) is 203 Å². The summed E-state index contributed by atoms with van der Waals surface area (Å²) in [7, 11) is 0. The number of nitrogens with zero attached hydrogens (tertiary/aromatic N) is 5. The third-order valence-corrected chi connectivity index (χ3v) is 11.7. The first-order chi connectivity index (χ1) is 29.7. The van der Waals surface area contributed by atoms with Crippen molar-refractivity contribution in [3.05, 3.63) is 212 Å². The fraction of sp³-hybridized carbons (Fsp3) is 0. The molecule has 7 aromatic carbocycles. The summed E-state index contributed by atoms with van der Waals surface area (Å²) in [6, 6.07) is 74.8. The van der Waals surface area contributed by atoms with Crippen LogP contribution in [0.5, 0.6) is 0 Å². The minimum absolute atomic E-state index is 0.779. The summed E-state index contributed by atoms with van der Waals surface area (Å²) in [5, 5.41) is 7.28. The van der Waals surface area contributed by atoms with E-state index in [1.54, 1.807) is 0 Å². The van der Waals surface area contributed by atoms with Crippen molar-refractivity contribution in [2.75, 3.05) is 0 Å². The van der Waals surface area contributed by atoms with Crippen LogP contribution in [0.3, 0.4) is 0 Å². The summed E-state index contributed by atoms with van der Waals surface area (Å²) in [6.07, 6.45) is 0. The molecule has 5 aromatic heterocycles. The lowest BCUT2D eigenvalue weighted by molar-refractivity contribution is 1.08. The van der Waals surface area contributed by atoms with Crippen LogP contribution in [0.25, 0.3) is 111 Å². The molecule has 0 saturated carbocycles. The molecule has 0 atom stereocenters. The normalized spacial score (nSPS) is 11.7. The highest BCUT2D eigenvalue weighted by molar-refractivity contribution is 6.10. The summed E-state index contributed by atoms with van der Waals surface area (Å²) in [6.45, 7) is 0. The molecule has 5 nitrogen and oxygen atoms in total. The summed E-state index contributed by atoms with van der Waals surface area (Å²) in [5.41, 5.74) is 13.0. The Labute approximate surface area is 346 Å². The first kappa shape index (κ1) is 33.9. The molecule has 0 N–H and O–H groups in total. The summed E-state index contributed by atoms with van der Waals surface area (Å²) in [5.74, 6) is 0.847. The third kappa shape index (κ3) is 5.52. The maximum absolute atomic E-state index is 5.34. The average molecular weight is 766 g/mol. The lowest BCUT2D eigenvalue weighted by Crippen LogP contribution is -1.99. The highest BCUT2D eigenvalue weighted by Gasteiger charge is 2.17. The summed E-state index contributed by atoms with van der Waals surface area (Å²) in [4.78, 5) is 15.8. The van der Waals surface area contributed by atoms with Gasteiger partial charge in [-0.2, -0.15) is 0 Å². The Bertz CT molecular complexity index is 3500. The van der Waals surface area contributed by atoms with Crippen molar-refractivity contribution < 1.29 is 0 Å². The Hall–Kier alpha value is -8.15. The Morgan fingerprint density at radius 1 is 0.283 bits per heavy atom. The molecule has 0 unspecified atom stereocenters. The van der Waals surface area contributed by atoms with Crippen molar-refractivity contribution in [3.8, 4) is 56.7 Å². The van der Waals surface area contributed by atoms with Gasteiger partial charge in [-0.3, -0.25) is 4.57 Å². The molecular formula is C55H35N5. The Kier molecular flexibility index (Phi) is 7.78. The monoisotopic (exact) mass is 765 g/mol. The second kappa shape index (κ2) is 13.8. The molecule has 0 saturated heterocycles.